The zero-order chi connectivity index (χ0) is 23.7. The second-order valence-corrected chi connectivity index (χ2v) is 7.28. The molecular formula is C21H34O10. The number of aliphatic hydroxyl groups is 4. The van der Waals surface area contributed by atoms with Gasteiger partial charge in [-0.1, -0.05) is 32.1 Å². The van der Waals surface area contributed by atoms with Gasteiger partial charge in [0, 0.05) is 14.2 Å². The SMILES string of the molecule is C=C[C@@H](O)C1OC(=O)[C@H](OC)[C@@H]1O.CCC(/C=C/[C@@H](O)C1OC(=O)[C@H](OC)[C@@H]1O)CC. The van der Waals surface area contributed by atoms with E-state index in [4.69, 9.17) is 18.9 Å². The van der Waals surface area contributed by atoms with Crippen molar-refractivity contribution >= 4 is 11.9 Å². The minimum Gasteiger partial charge on any atom is -0.454 e. The molecule has 10 nitrogen and oxygen atoms in total. The van der Waals surface area contributed by atoms with Crippen molar-refractivity contribution in [2.75, 3.05) is 14.2 Å². The van der Waals surface area contributed by atoms with Crippen LogP contribution < -0.4 is 0 Å². The number of hydrogen-bond donors (Lipinski definition) is 4. The van der Waals surface area contributed by atoms with Crippen molar-refractivity contribution in [1.29, 1.82) is 0 Å². The molecule has 0 saturated carbocycles. The Hall–Kier alpha value is -1.82. The summed E-state index contributed by atoms with van der Waals surface area (Å²) in [6.45, 7) is 7.45. The van der Waals surface area contributed by atoms with Gasteiger partial charge in [-0.2, -0.15) is 0 Å². The lowest BCUT2D eigenvalue weighted by Gasteiger charge is -2.18. The van der Waals surface area contributed by atoms with Gasteiger partial charge in [-0.3, -0.25) is 0 Å². The van der Waals surface area contributed by atoms with Gasteiger partial charge in [0.15, 0.2) is 24.4 Å². The van der Waals surface area contributed by atoms with Crippen LogP contribution in [0.1, 0.15) is 26.7 Å². The fourth-order valence-corrected chi connectivity index (χ4v) is 3.26. The number of ether oxygens (including phenoxy) is 4. The summed E-state index contributed by atoms with van der Waals surface area (Å²) in [6, 6.07) is 0. The molecule has 0 aromatic rings. The third-order valence-corrected chi connectivity index (χ3v) is 5.31. The average molecular weight is 446 g/mol. The number of carbonyl (C=O) groups is 2. The van der Waals surface area contributed by atoms with E-state index in [1.54, 1.807) is 6.08 Å². The molecule has 178 valence electrons. The molecule has 0 aromatic heterocycles. The molecule has 2 saturated heterocycles. The Morgan fingerprint density at radius 2 is 1.32 bits per heavy atom. The monoisotopic (exact) mass is 446 g/mol. The first kappa shape index (κ1) is 27.2. The van der Waals surface area contributed by atoms with Gasteiger partial charge in [0.1, 0.15) is 24.4 Å². The minimum absolute atomic E-state index is 0.382. The molecule has 8 atom stereocenters. The van der Waals surface area contributed by atoms with E-state index in [-0.39, 0.29) is 0 Å². The van der Waals surface area contributed by atoms with Gasteiger partial charge in [-0.15, -0.1) is 6.58 Å². The van der Waals surface area contributed by atoms with Crippen molar-refractivity contribution in [2.45, 2.75) is 75.5 Å². The highest BCUT2D eigenvalue weighted by molar-refractivity contribution is 5.78. The first-order valence-electron chi connectivity index (χ1n) is 10.2. The molecule has 2 aliphatic heterocycles. The summed E-state index contributed by atoms with van der Waals surface area (Å²) in [6.07, 6.45) is -1.69. The van der Waals surface area contributed by atoms with Crippen LogP contribution in [0.3, 0.4) is 0 Å². The maximum Gasteiger partial charge on any atom is 0.338 e. The molecule has 10 heteroatoms. The molecule has 0 aliphatic carbocycles. The Labute approximate surface area is 182 Å². The molecule has 2 fully saturated rings. The Morgan fingerprint density at radius 3 is 1.65 bits per heavy atom. The Balaban J connectivity index is 0.000000327. The molecule has 31 heavy (non-hydrogen) atoms. The van der Waals surface area contributed by atoms with Crippen LogP contribution >= 0.6 is 0 Å². The van der Waals surface area contributed by atoms with E-state index in [9.17, 15) is 30.0 Å². The predicted molar refractivity (Wildman–Crippen MR) is 109 cm³/mol. The highest BCUT2D eigenvalue weighted by Crippen LogP contribution is 2.23. The smallest absolute Gasteiger partial charge is 0.338 e. The first-order valence-corrected chi connectivity index (χ1v) is 10.2. The van der Waals surface area contributed by atoms with Crippen LogP contribution in [-0.4, -0.2) is 95.4 Å². The highest BCUT2D eigenvalue weighted by Gasteiger charge is 2.47. The minimum atomic E-state index is -1.15. The van der Waals surface area contributed by atoms with E-state index in [1.165, 1.54) is 20.3 Å². The van der Waals surface area contributed by atoms with E-state index in [0.717, 1.165) is 12.8 Å². The van der Waals surface area contributed by atoms with Gasteiger partial charge < -0.3 is 39.4 Å². The van der Waals surface area contributed by atoms with E-state index < -0.39 is 60.8 Å². The number of cyclic esters (lactones) is 2. The molecule has 2 aliphatic rings. The largest absolute Gasteiger partial charge is 0.454 e. The van der Waals surface area contributed by atoms with Crippen LogP contribution in [0.25, 0.3) is 0 Å². The molecule has 0 aromatic carbocycles. The predicted octanol–water partition coefficient (Wildman–Crippen LogP) is -0.524. The second-order valence-electron chi connectivity index (χ2n) is 7.28. The summed E-state index contributed by atoms with van der Waals surface area (Å²) in [7, 11) is 2.61. The lowest BCUT2D eigenvalue weighted by molar-refractivity contribution is -0.151. The molecule has 0 radical (unpaired) electrons. The fraction of sp³-hybridized carbons (Fsp3) is 0.714. The van der Waals surface area contributed by atoms with Crippen LogP contribution in [0.15, 0.2) is 24.8 Å². The summed E-state index contributed by atoms with van der Waals surface area (Å²) in [5, 5.41) is 38.4. The van der Waals surface area contributed by atoms with E-state index >= 15 is 0 Å². The quantitative estimate of drug-likeness (QED) is 0.269. The van der Waals surface area contributed by atoms with Crippen LogP contribution in [0.5, 0.6) is 0 Å². The number of rotatable bonds is 9. The maximum absolute atomic E-state index is 11.3. The van der Waals surface area contributed by atoms with Crippen LogP contribution in [-0.2, 0) is 28.5 Å². The normalized spacial score (nSPS) is 32.4. The van der Waals surface area contributed by atoms with Crippen molar-refractivity contribution < 1.29 is 49.0 Å². The van der Waals surface area contributed by atoms with Gasteiger partial charge in [-0.25, -0.2) is 9.59 Å². The zero-order valence-corrected chi connectivity index (χ0v) is 18.3. The number of esters is 2. The highest BCUT2D eigenvalue weighted by atomic mass is 16.6. The lowest BCUT2D eigenvalue weighted by atomic mass is 10.00. The molecular weight excluding hydrogens is 412 g/mol. The van der Waals surface area contributed by atoms with Crippen LogP contribution in [0.2, 0.25) is 0 Å². The molecule has 0 amide bonds. The van der Waals surface area contributed by atoms with Gasteiger partial charge in [0.2, 0.25) is 0 Å². The average Bonchev–Trinajstić information content (AvgIpc) is 3.22. The van der Waals surface area contributed by atoms with Crippen LogP contribution in [0.4, 0.5) is 0 Å². The van der Waals surface area contributed by atoms with Crippen molar-refractivity contribution in [1.82, 2.24) is 0 Å². The number of hydrogen-bond acceptors (Lipinski definition) is 10. The van der Waals surface area contributed by atoms with Crippen LogP contribution in [0, 0.1) is 5.92 Å². The summed E-state index contributed by atoms with van der Waals surface area (Å²) in [4.78, 5) is 22.3. The fourth-order valence-electron chi connectivity index (χ4n) is 3.26. The summed E-state index contributed by atoms with van der Waals surface area (Å²) in [5.41, 5.74) is 0. The number of allylic oxidation sites excluding steroid dienone is 1. The summed E-state index contributed by atoms with van der Waals surface area (Å²) >= 11 is 0. The molecule has 2 heterocycles. The van der Waals surface area contributed by atoms with Gasteiger partial charge >= 0.3 is 11.9 Å². The molecule has 2 rings (SSSR count). The standard InChI is InChI=1S/C13H22O5.C8H12O5/c1-4-8(5-2)6-7-9(14)11-10(15)12(17-3)13(16)18-11;1-3-4(9)6-5(10)7(12-2)8(11)13-6/h6-12,14-15H,4-5H2,1-3H3;3-7,9-10H,1H2,2H3/b7-6+;/t9-,10-,11?,12-;4-,5-,6?,7-/m11/s1. The molecule has 0 bridgehead atoms. The Bertz CT molecular complexity index is 617. The first-order chi connectivity index (χ1) is 14.7. The van der Waals surface area contributed by atoms with E-state index in [0.29, 0.717) is 5.92 Å². The second kappa shape index (κ2) is 12.9. The van der Waals surface area contributed by atoms with Crippen molar-refractivity contribution in [2.24, 2.45) is 5.92 Å². The number of carbonyl (C=O) groups excluding carboxylic acids is 2. The summed E-state index contributed by atoms with van der Waals surface area (Å²) < 4.78 is 19.1. The lowest BCUT2D eigenvalue weighted by Crippen LogP contribution is -2.38. The number of aliphatic hydroxyl groups excluding tert-OH is 4. The van der Waals surface area contributed by atoms with E-state index in [2.05, 4.69) is 20.4 Å². The van der Waals surface area contributed by atoms with E-state index in [1.807, 2.05) is 6.08 Å². The Kier molecular flexibility index (Phi) is 11.3. The zero-order valence-electron chi connectivity index (χ0n) is 18.3. The topological polar surface area (TPSA) is 152 Å². The molecule has 0 spiro atoms. The Morgan fingerprint density at radius 1 is 0.903 bits per heavy atom. The summed E-state index contributed by atoms with van der Waals surface area (Å²) in [5.74, 6) is -0.919. The van der Waals surface area contributed by atoms with Crippen molar-refractivity contribution in [3.05, 3.63) is 24.8 Å². The van der Waals surface area contributed by atoms with Crippen molar-refractivity contribution in [3.63, 3.8) is 0 Å². The third-order valence-electron chi connectivity index (χ3n) is 5.31. The van der Waals surface area contributed by atoms with Gasteiger partial charge in [0.25, 0.3) is 0 Å². The number of methoxy groups -OCH3 is 2. The molecule has 4 N–H and O–H groups in total. The molecule has 2 unspecified atom stereocenters. The maximum atomic E-state index is 11.3. The van der Waals surface area contributed by atoms with Gasteiger partial charge in [-0.05, 0) is 18.8 Å². The third kappa shape index (κ3) is 6.83. The van der Waals surface area contributed by atoms with Gasteiger partial charge in [0.05, 0.1) is 0 Å². The van der Waals surface area contributed by atoms with Crippen molar-refractivity contribution in [3.8, 4) is 0 Å².